The van der Waals surface area contributed by atoms with E-state index in [0.717, 1.165) is 33.3 Å². The largest absolute Gasteiger partial charge is 0.507 e. The lowest BCUT2D eigenvalue weighted by molar-refractivity contribution is 0.446. The highest BCUT2D eigenvalue weighted by Gasteiger charge is 2.27. The predicted octanol–water partition coefficient (Wildman–Crippen LogP) is 10.8. The summed E-state index contributed by atoms with van der Waals surface area (Å²) >= 11 is 0. The Kier molecular flexibility index (Phi) is 7.28. The van der Waals surface area contributed by atoms with Gasteiger partial charge >= 0.3 is 0 Å². The number of pyridine rings is 1. The molecule has 212 valence electrons. The summed E-state index contributed by atoms with van der Waals surface area (Å²) in [5.74, 6) is 0.348. The van der Waals surface area contributed by atoms with Crippen LogP contribution in [0.5, 0.6) is 5.75 Å². The second-order valence-electron chi connectivity index (χ2n) is 15.7. The number of phenols is 1. The van der Waals surface area contributed by atoms with Crippen LogP contribution in [0.3, 0.4) is 0 Å². The van der Waals surface area contributed by atoms with Gasteiger partial charge in [-0.2, -0.15) is 0 Å². The molecular formula is C38H49NO. The van der Waals surface area contributed by atoms with Gasteiger partial charge in [0.15, 0.2) is 0 Å². The summed E-state index contributed by atoms with van der Waals surface area (Å²) in [5, 5.41) is 12.8. The molecule has 2 nitrogen and oxygen atoms in total. The molecule has 0 radical (unpaired) electrons. The molecule has 0 aliphatic rings. The molecule has 0 saturated heterocycles. The van der Waals surface area contributed by atoms with Gasteiger partial charge in [-0.1, -0.05) is 119 Å². The Labute approximate surface area is 242 Å². The van der Waals surface area contributed by atoms with E-state index in [2.05, 4.69) is 145 Å². The third kappa shape index (κ3) is 5.69. The van der Waals surface area contributed by atoms with Gasteiger partial charge < -0.3 is 5.11 Å². The molecule has 0 saturated carbocycles. The van der Waals surface area contributed by atoms with Crippen LogP contribution in [0, 0.1) is 6.92 Å². The summed E-state index contributed by atoms with van der Waals surface area (Å²) in [6, 6.07) is 19.7. The molecule has 0 unspecified atom stereocenters. The van der Waals surface area contributed by atoms with Crippen LogP contribution in [0.1, 0.15) is 111 Å². The van der Waals surface area contributed by atoms with E-state index in [9.17, 15) is 5.11 Å². The Balaban J connectivity index is 2.06. The quantitative estimate of drug-likeness (QED) is 0.277. The highest BCUT2D eigenvalue weighted by Crippen LogP contribution is 2.44. The molecule has 1 N–H and O–H groups in total. The molecule has 40 heavy (non-hydrogen) atoms. The zero-order chi connectivity index (χ0) is 30.0. The van der Waals surface area contributed by atoms with Crippen molar-refractivity contribution in [2.45, 2.75) is 112 Å². The van der Waals surface area contributed by atoms with Crippen molar-refractivity contribution in [3.05, 3.63) is 82.4 Å². The number of benzene rings is 3. The van der Waals surface area contributed by atoms with Crippen molar-refractivity contribution in [1.29, 1.82) is 0 Å². The molecule has 1 aromatic heterocycles. The summed E-state index contributed by atoms with van der Waals surface area (Å²) in [4.78, 5) is 5.34. The second kappa shape index (κ2) is 9.75. The average Bonchev–Trinajstić information content (AvgIpc) is 2.80. The van der Waals surface area contributed by atoms with Gasteiger partial charge in [0.25, 0.3) is 0 Å². The monoisotopic (exact) mass is 535 g/mol. The van der Waals surface area contributed by atoms with Crippen LogP contribution >= 0.6 is 0 Å². The molecule has 4 rings (SSSR count). The number of hydrogen-bond acceptors (Lipinski definition) is 2. The molecule has 0 aliphatic heterocycles. The van der Waals surface area contributed by atoms with E-state index >= 15 is 0 Å². The first kappa shape index (κ1) is 29.8. The van der Waals surface area contributed by atoms with Crippen molar-refractivity contribution in [1.82, 2.24) is 4.98 Å². The van der Waals surface area contributed by atoms with Gasteiger partial charge in [-0.15, -0.1) is 0 Å². The third-order valence-electron chi connectivity index (χ3n) is 8.15. The molecule has 0 aliphatic carbocycles. The van der Waals surface area contributed by atoms with Crippen LogP contribution in [0.25, 0.3) is 33.3 Å². The number of aromatic hydroxyl groups is 1. The van der Waals surface area contributed by atoms with Crippen LogP contribution in [0.4, 0.5) is 0 Å². The van der Waals surface area contributed by atoms with Crippen molar-refractivity contribution in [3.8, 4) is 28.1 Å². The molecule has 1 heterocycles. The van der Waals surface area contributed by atoms with Crippen molar-refractivity contribution in [3.63, 3.8) is 0 Å². The van der Waals surface area contributed by atoms with Gasteiger partial charge in [-0.25, -0.2) is 4.98 Å². The van der Waals surface area contributed by atoms with E-state index in [-0.39, 0.29) is 21.7 Å². The second-order valence-corrected chi connectivity index (χ2v) is 15.7. The number of para-hydroxylation sites is 1. The lowest BCUT2D eigenvalue weighted by atomic mass is 9.76. The van der Waals surface area contributed by atoms with Crippen molar-refractivity contribution in [2.75, 3.05) is 0 Å². The molecule has 0 atom stereocenters. The van der Waals surface area contributed by atoms with E-state index in [0.29, 0.717) is 5.75 Å². The van der Waals surface area contributed by atoms with Gasteiger partial charge in [0.05, 0.1) is 11.2 Å². The summed E-state index contributed by atoms with van der Waals surface area (Å²) < 4.78 is 0. The standard InChI is InChI=1S/C38H49NO/c1-23-28(19-25(35(2,3)4)21-30(23)37(8,9)10)32-18-17-24-15-14-16-27(33(24)39-32)29-20-26(36(5,6)7)22-31(34(29)40)38(11,12)13/h14-22,40H,1-13H3. The zero-order valence-electron chi connectivity index (χ0n) is 27.1. The molecule has 0 amide bonds. The van der Waals surface area contributed by atoms with Crippen LogP contribution in [0.15, 0.2) is 54.6 Å². The zero-order valence-corrected chi connectivity index (χ0v) is 27.1. The highest BCUT2D eigenvalue weighted by atomic mass is 16.3. The Bertz CT molecular complexity index is 1580. The molecule has 0 bridgehead atoms. The van der Waals surface area contributed by atoms with Crippen LogP contribution in [0.2, 0.25) is 0 Å². The number of rotatable bonds is 2. The summed E-state index contributed by atoms with van der Waals surface area (Å²) in [6.07, 6.45) is 0. The Hall–Kier alpha value is -3.13. The molecule has 0 spiro atoms. The van der Waals surface area contributed by atoms with Gasteiger partial charge in [0, 0.05) is 27.6 Å². The Morgan fingerprint density at radius 2 is 1.07 bits per heavy atom. The normalized spacial score (nSPS) is 13.2. The van der Waals surface area contributed by atoms with Crippen molar-refractivity contribution in [2.24, 2.45) is 0 Å². The van der Waals surface area contributed by atoms with Gasteiger partial charge in [-0.3, -0.25) is 0 Å². The molecule has 0 fully saturated rings. The molecule has 2 heteroatoms. The van der Waals surface area contributed by atoms with Crippen molar-refractivity contribution >= 4 is 10.9 Å². The maximum atomic E-state index is 11.7. The Morgan fingerprint density at radius 3 is 1.60 bits per heavy atom. The van der Waals surface area contributed by atoms with E-state index in [1.165, 1.54) is 27.8 Å². The van der Waals surface area contributed by atoms with Crippen molar-refractivity contribution < 1.29 is 5.11 Å². The first-order chi connectivity index (χ1) is 18.2. The average molecular weight is 536 g/mol. The first-order valence-electron chi connectivity index (χ1n) is 14.6. The fourth-order valence-corrected chi connectivity index (χ4v) is 5.55. The maximum Gasteiger partial charge on any atom is 0.127 e. The number of phenolic OH excluding ortho intramolecular Hbond substituents is 1. The fourth-order valence-electron chi connectivity index (χ4n) is 5.55. The predicted molar refractivity (Wildman–Crippen MR) is 174 cm³/mol. The van der Waals surface area contributed by atoms with E-state index < -0.39 is 0 Å². The maximum absolute atomic E-state index is 11.7. The van der Waals surface area contributed by atoms with Gasteiger partial charge in [0.2, 0.25) is 0 Å². The number of hydrogen-bond donors (Lipinski definition) is 1. The van der Waals surface area contributed by atoms with Gasteiger partial charge in [-0.05, 0) is 69.0 Å². The lowest BCUT2D eigenvalue weighted by Crippen LogP contribution is -2.18. The molecular weight excluding hydrogens is 486 g/mol. The smallest absolute Gasteiger partial charge is 0.127 e. The van der Waals surface area contributed by atoms with Crippen LogP contribution in [-0.4, -0.2) is 10.1 Å². The minimum absolute atomic E-state index is 0.0185. The SMILES string of the molecule is Cc1c(-c2ccc3cccc(-c4cc(C(C)(C)C)cc(C(C)(C)C)c4O)c3n2)cc(C(C)(C)C)cc1C(C)(C)C. The minimum atomic E-state index is -0.197. The number of aromatic nitrogens is 1. The van der Waals surface area contributed by atoms with E-state index in [1.54, 1.807) is 0 Å². The van der Waals surface area contributed by atoms with Crippen LogP contribution in [-0.2, 0) is 21.7 Å². The van der Waals surface area contributed by atoms with E-state index in [1.807, 2.05) is 0 Å². The van der Waals surface area contributed by atoms with E-state index in [4.69, 9.17) is 4.98 Å². The third-order valence-corrected chi connectivity index (χ3v) is 8.15. The molecule has 3 aromatic carbocycles. The summed E-state index contributed by atoms with van der Waals surface area (Å²) in [5.41, 5.74) is 10.8. The first-order valence-corrected chi connectivity index (χ1v) is 14.6. The van der Waals surface area contributed by atoms with Crippen LogP contribution < -0.4 is 0 Å². The number of fused-ring (bicyclic) bond motifs is 1. The number of nitrogens with zero attached hydrogens (tertiary/aromatic N) is 1. The highest BCUT2D eigenvalue weighted by molar-refractivity contribution is 5.97. The fraction of sp³-hybridized carbons (Fsp3) is 0.447. The topological polar surface area (TPSA) is 33.1 Å². The summed E-state index contributed by atoms with van der Waals surface area (Å²) in [6.45, 7) is 29.1. The minimum Gasteiger partial charge on any atom is -0.507 e. The van der Waals surface area contributed by atoms with Gasteiger partial charge in [0.1, 0.15) is 5.75 Å². The molecule has 4 aromatic rings. The summed E-state index contributed by atoms with van der Waals surface area (Å²) in [7, 11) is 0. The lowest BCUT2D eigenvalue weighted by Gasteiger charge is -2.29. The Morgan fingerprint density at radius 1 is 0.550 bits per heavy atom.